The topological polar surface area (TPSA) is 57.7 Å². The Morgan fingerprint density at radius 1 is 1.00 bits per heavy atom. The van der Waals surface area contributed by atoms with Crippen molar-refractivity contribution < 1.29 is 17.6 Å². The van der Waals surface area contributed by atoms with Crippen LogP contribution in [0, 0.1) is 11.7 Å². The number of fused-ring (bicyclic) bond motifs is 1. The van der Waals surface area contributed by atoms with Crippen molar-refractivity contribution in [2.45, 2.75) is 62.4 Å². The van der Waals surface area contributed by atoms with Crippen molar-refractivity contribution in [2.75, 3.05) is 13.1 Å². The van der Waals surface area contributed by atoms with Crippen LogP contribution in [0.2, 0.25) is 0 Å². The molecule has 7 heteroatoms. The molecule has 0 spiro atoms. The predicted molar refractivity (Wildman–Crippen MR) is 120 cm³/mol. The van der Waals surface area contributed by atoms with Crippen LogP contribution >= 0.6 is 0 Å². The van der Waals surface area contributed by atoms with Crippen molar-refractivity contribution >= 4 is 15.9 Å². The van der Waals surface area contributed by atoms with Gasteiger partial charge < -0.3 is 4.90 Å². The molecule has 0 unspecified atom stereocenters. The largest absolute Gasteiger partial charge is 0.335 e. The Morgan fingerprint density at radius 3 is 2.44 bits per heavy atom. The molecule has 0 N–H and O–H groups in total. The maximum Gasteiger partial charge on any atom is 0.243 e. The molecule has 5 nitrogen and oxygen atoms in total. The summed E-state index contributed by atoms with van der Waals surface area (Å²) in [6.07, 6.45) is 5.95. The monoisotopic (exact) mass is 456 g/mol. The molecule has 1 saturated carbocycles. The molecule has 2 aromatic carbocycles. The van der Waals surface area contributed by atoms with E-state index in [-0.39, 0.29) is 30.2 Å². The van der Waals surface area contributed by atoms with E-state index < -0.39 is 10.0 Å². The fraction of sp³-hybridized carbons (Fsp3) is 0.480. The minimum atomic E-state index is -3.55. The van der Waals surface area contributed by atoms with E-state index >= 15 is 0 Å². The van der Waals surface area contributed by atoms with Crippen LogP contribution in [-0.2, 0) is 34.2 Å². The van der Waals surface area contributed by atoms with Crippen molar-refractivity contribution in [3.8, 4) is 0 Å². The van der Waals surface area contributed by atoms with E-state index in [1.165, 1.54) is 15.9 Å². The fourth-order valence-corrected chi connectivity index (χ4v) is 6.54. The molecule has 1 heterocycles. The van der Waals surface area contributed by atoms with Crippen LogP contribution in [0.5, 0.6) is 0 Å². The smallest absolute Gasteiger partial charge is 0.243 e. The Balaban J connectivity index is 1.25. The van der Waals surface area contributed by atoms with E-state index in [2.05, 4.69) is 0 Å². The molecule has 5 rings (SSSR count). The molecule has 32 heavy (non-hydrogen) atoms. The molecule has 0 atom stereocenters. The zero-order chi connectivity index (χ0) is 22.3. The molecular formula is C25H29FN2O3S. The third-order valence-corrected chi connectivity index (χ3v) is 8.97. The molecule has 2 aliphatic carbocycles. The van der Waals surface area contributed by atoms with Gasteiger partial charge in [-0.05, 0) is 74.3 Å². The summed E-state index contributed by atoms with van der Waals surface area (Å²) in [5.41, 5.74) is 2.93. The van der Waals surface area contributed by atoms with E-state index in [0.717, 1.165) is 37.7 Å². The normalized spacial score (nSPS) is 19.7. The molecule has 0 radical (unpaired) electrons. The van der Waals surface area contributed by atoms with Crippen molar-refractivity contribution in [1.82, 2.24) is 9.21 Å². The third-order valence-electron chi connectivity index (χ3n) is 7.08. The van der Waals surface area contributed by atoms with Gasteiger partial charge in [-0.3, -0.25) is 4.79 Å². The fourth-order valence-electron chi connectivity index (χ4n) is 5.02. The molecule has 1 aliphatic heterocycles. The second-order valence-corrected chi connectivity index (χ2v) is 11.2. The van der Waals surface area contributed by atoms with Gasteiger partial charge in [0.15, 0.2) is 0 Å². The Hall–Kier alpha value is -2.25. The molecule has 0 aromatic heterocycles. The highest BCUT2D eigenvalue weighted by Gasteiger charge is 2.39. The first kappa shape index (κ1) is 21.6. The number of carbonyl (C=O) groups excluding carboxylic acids is 1. The summed E-state index contributed by atoms with van der Waals surface area (Å²) in [5.74, 6) is -0.472. The van der Waals surface area contributed by atoms with Gasteiger partial charge in [0.1, 0.15) is 5.82 Å². The van der Waals surface area contributed by atoms with Crippen molar-refractivity contribution in [1.29, 1.82) is 0 Å². The number of hydrogen-bond donors (Lipinski definition) is 0. The maximum absolute atomic E-state index is 14.2. The summed E-state index contributed by atoms with van der Waals surface area (Å²) in [6.45, 7) is 0.964. The maximum atomic E-state index is 14.2. The average molecular weight is 457 g/mol. The van der Waals surface area contributed by atoms with Gasteiger partial charge in [0.25, 0.3) is 0 Å². The number of carbonyl (C=O) groups is 1. The molecule has 0 bridgehead atoms. The minimum Gasteiger partial charge on any atom is -0.335 e. The van der Waals surface area contributed by atoms with Gasteiger partial charge in [-0.25, -0.2) is 12.8 Å². The van der Waals surface area contributed by atoms with Gasteiger partial charge in [-0.2, -0.15) is 4.31 Å². The lowest BCUT2D eigenvalue weighted by atomic mass is 9.96. The Kier molecular flexibility index (Phi) is 5.80. The highest BCUT2D eigenvalue weighted by Crippen LogP contribution is 2.33. The number of sulfonamides is 1. The van der Waals surface area contributed by atoms with E-state index in [9.17, 15) is 17.6 Å². The molecular weight excluding hydrogens is 427 g/mol. The van der Waals surface area contributed by atoms with Crippen LogP contribution in [0.25, 0.3) is 0 Å². The standard InChI is InChI=1S/C25H29FN2O3S/c26-24-7-2-1-4-21(24)17-28(22-9-10-22)25(29)19-12-14-27(15-13-19)32(30,31)23-11-8-18-5-3-6-20(18)16-23/h1-2,4,7-8,11,16,19,22H,3,5-6,9-10,12-15,17H2. The number of hydrogen-bond acceptors (Lipinski definition) is 3. The average Bonchev–Trinajstić information content (AvgIpc) is 3.54. The number of amides is 1. The molecule has 2 fully saturated rings. The third kappa shape index (κ3) is 4.20. The van der Waals surface area contributed by atoms with Crippen molar-refractivity contribution in [3.63, 3.8) is 0 Å². The minimum absolute atomic E-state index is 0.0327. The number of aryl methyl sites for hydroxylation is 2. The lowest BCUT2D eigenvalue weighted by Crippen LogP contribution is -2.45. The van der Waals surface area contributed by atoms with Crippen LogP contribution in [0.3, 0.4) is 0 Å². The van der Waals surface area contributed by atoms with Crippen LogP contribution in [0.15, 0.2) is 47.4 Å². The van der Waals surface area contributed by atoms with Crippen LogP contribution < -0.4 is 0 Å². The first-order chi connectivity index (χ1) is 15.4. The van der Waals surface area contributed by atoms with Gasteiger partial charge in [0.05, 0.1) is 4.90 Å². The molecule has 3 aliphatic rings. The molecule has 1 saturated heterocycles. The summed E-state index contributed by atoms with van der Waals surface area (Å²) in [5, 5.41) is 0. The van der Waals surface area contributed by atoms with Gasteiger partial charge in [0.2, 0.25) is 15.9 Å². The van der Waals surface area contributed by atoms with Crippen LogP contribution in [0.1, 0.15) is 48.8 Å². The number of nitrogens with zero attached hydrogens (tertiary/aromatic N) is 2. The van der Waals surface area contributed by atoms with Crippen molar-refractivity contribution in [2.24, 2.45) is 5.92 Å². The van der Waals surface area contributed by atoms with E-state index in [1.54, 1.807) is 24.3 Å². The first-order valence-corrected chi connectivity index (χ1v) is 13.0. The Bertz CT molecular complexity index is 1120. The van der Waals surface area contributed by atoms with E-state index in [4.69, 9.17) is 0 Å². The second kappa shape index (κ2) is 8.60. The summed E-state index contributed by atoms with van der Waals surface area (Å²) in [6, 6.07) is 12.3. The summed E-state index contributed by atoms with van der Waals surface area (Å²) >= 11 is 0. The summed E-state index contributed by atoms with van der Waals surface area (Å²) in [4.78, 5) is 15.5. The molecule has 170 valence electrons. The van der Waals surface area contributed by atoms with Gasteiger partial charge in [-0.15, -0.1) is 0 Å². The Labute approximate surface area is 189 Å². The lowest BCUT2D eigenvalue weighted by Gasteiger charge is -2.34. The zero-order valence-electron chi connectivity index (χ0n) is 18.2. The van der Waals surface area contributed by atoms with Crippen LogP contribution in [-0.4, -0.2) is 42.7 Å². The first-order valence-electron chi connectivity index (χ1n) is 11.6. The zero-order valence-corrected chi connectivity index (χ0v) is 19.0. The second-order valence-electron chi connectivity index (χ2n) is 9.25. The van der Waals surface area contributed by atoms with Crippen LogP contribution in [0.4, 0.5) is 4.39 Å². The molecule has 1 amide bonds. The Morgan fingerprint density at radius 2 is 1.72 bits per heavy atom. The molecule has 2 aromatic rings. The summed E-state index contributed by atoms with van der Waals surface area (Å²) in [7, 11) is -3.55. The van der Waals surface area contributed by atoms with Gasteiger partial charge in [0, 0.05) is 37.2 Å². The highest BCUT2D eigenvalue weighted by molar-refractivity contribution is 7.89. The number of benzene rings is 2. The quantitative estimate of drug-likeness (QED) is 0.662. The number of halogens is 1. The summed E-state index contributed by atoms with van der Waals surface area (Å²) < 4.78 is 42.0. The predicted octanol–water partition coefficient (Wildman–Crippen LogP) is 3.91. The van der Waals surface area contributed by atoms with E-state index in [0.29, 0.717) is 36.4 Å². The number of piperidine rings is 1. The number of rotatable bonds is 6. The van der Waals surface area contributed by atoms with Gasteiger partial charge >= 0.3 is 0 Å². The van der Waals surface area contributed by atoms with Crippen molar-refractivity contribution in [3.05, 3.63) is 65.0 Å². The SMILES string of the molecule is O=C(C1CCN(S(=O)(=O)c2ccc3c(c2)CCC3)CC1)N(Cc1ccccc1F)C1CC1. The highest BCUT2D eigenvalue weighted by atomic mass is 32.2. The van der Waals surface area contributed by atoms with Gasteiger partial charge in [-0.1, -0.05) is 24.3 Å². The lowest BCUT2D eigenvalue weighted by molar-refractivity contribution is -0.138. The van der Waals surface area contributed by atoms with E-state index in [1.807, 2.05) is 17.0 Å².